The third kappa shape index (κ3) is 4.75. The Morgan fingerprint density at radius 3 is 2.67 bits per heavy atom. The van der Waals surface area contributed by atoms with Crippen LogP contribution in [-0.2, 0) is 0 Å². The van der Waals surface area contributed by atoms with Crippen molar-refractivity contribution in [1.82, 2.24) is 4.90 Å². The van der Waals surface area contributed by atoms with Crippen molar-refractivity contribution in [3.05, 3.63) is 26.7 Å². The molecule has 1 N–H and O–H groups in total. The van der Waals surface area contributed by atoms with E-state index in [2.05, 4.69) is 40.0 Å². The third-order valence-electron chi connectivity index (χ3n) is 4.17. The van der Waals surface area contributed by atoms with E-state index in [4.69, 9.17) is 23.2 Å². The predicted octanol–water partition coefficient (Wildman–Crippen LogP) is 5.68. The Kier molecular flexibility index (Phi) is 6.67. The van der Waals surface area contributed by atoms with Gasteiger partial charge < -0.3 is 10.2 Å². The molecule has 5 heteroatoms. The average molecular weight is 394 g/mol. The van der Waals surface area contributed by atoms with Crippen LogP contribution in [0.25, 0.3) is 0 Å². The normalized spacial score (nSPS) is 21.3. The highest BCUT2D eigenvalue weighted by Gasteiger charge is 2.25. The SMILES string of the molecule is CCCN1CCCC(C(C)Nc2c(Cl)cc(Br)cc2Cl)C1. The van der Waals surface area contributed by atoms with Crippen molar-refractivity contribution in [2.45, 2.75) is 39.2 Å². The molecule has 1 fully saturated rings. The fourth-order valence-electron chi connectivity index (χ4n) is 3.04. The number of anilines is 1. The Morgan fingerprint density at radius 1 is 1.38 bits per heavy atom. The van der Waals surface area contributed by atoms with Gasteiger partial charge >= 0.3 is 0 Å². The predicted molar refractivity (Wildman–Crippen MR) is 96.7 cm³/mol. The van der Waals surface area contributed by atoms with E-state index in [0.29, 0.717) is 22.0 Å². The van der Waals surface area contributed by atoms with Crippen LogP contribution in [-0.4, -0.2) is 30.6 Å². The molecule has 0 saturated carbocycles. The molecule has 1 aliphatic heterocycles. The monoisotopic (exact) mass is 392 g/mol. The first kappa shape index (κ1) is 17.4. The highest BCUT2D eigenvalue weighted by molar-refractivity contribution is 9.10. The Hall–Kier alpha value is 0.0400. The minimum absolute atomic E-state index is 0.362. The summed E-state index contributed by atoms with van der Waals surface area (Å²) in [4.78, 5) is 2.57. The van der Waals surface area contributed by atoms with Crippen molar-refractivity contribution in [3.63, 3.8) is 0 Å². The lowest BCUT2D eigenvalue weighted by Gasteiger charge is -2.36. The lowest BCUT2D eigenvalue weighted by Crippen LogP contribution is -2.42. The fraction of sp³-hybridized carbons (Fsp3) is 0.625. The van der Waals surface area contributed by atoms with E-state index in [1.807, 2.05) is 12.1 Å². The summed E-state index contributed by atoms with van der Waals surface area (Å²) >= 11 is 16.0. The van der Waals surface area contributed by atoms with Crippen LogP contribution in [0.1, 0.15) is 33.1 Å². The van der Waals surface area contributed by atoms with Crippen LogP contribution in [0.5, 0.6) is 0 Å². The van der Waals surface area contributed by atoms with Gasteiger partial charge in [0.1, 0.15) is 0 Å². The number of piperidine rings is 1. The number of nitrogens with one attached hydrogen (secondary N) is 1. The van der Waals surface area contributed by atoms with E-state index in [1.165, 1.54) is 32.4 Å². The second-order valence-corrected chi connectivity index (χ2v) is 7.61. The van der Waals surface area contributed by atoms with Crippen LogP contribution in [0, 0.1) is 5.92 Å². The van der Waals surface area contributed by atoms with Gasteiger partial charge in [-0.1, -0.05) is 46.1 Å². The largest absolute Gasteiger partial charge is 0.380 e. The molecular formula is C16H23BrCl2N2. The van der Waals surface area contributed by atoms with Gasteiger partial charge in [-0.05, 0) is 57.3 Å². The molecule has 2 unspecified atom stereocenters. The number of halogens is 3. The Bertz CT molecular complexity index is 456. The first-order valence-electron chi connectivity index (χ1n) is 7.64. The Labute approximate surface area is 146 Å². The molecule has 0 aromatic heterocycles. The van der Waals surface area contributed by atoms with Crippen molar-refractivity contribution in [1.29, 1.82) is 0 Å². The first-order valence-corrected chi connectivity index (χ1v) is 9.19. The van der Waals surface area contributed by atoms with Crippen molar-refractivity contribution < 1.29 is 0 Å². The molecule has 2 atom stereocenters. The summed E-state index contributed by atoms with van der Waals surface area (Å²) in [7, 11) is 0. The molecule has 1 saturated heterocycles. The number of hydrogen-bond donors (Lipinski definition) is 1. The van der Waals surface area contributed by atoms with Crippen molar-refractivity contribution in [3.8, 4) is 0 Å². The third-order valence-corrected chi connectivity index (χ3v) is 5.22. The molecule has 0 aliphatic carbocycles. The van der Waals surface area contributed by atoms with Gasteiger partial charge in [0.15, 0.2) is 0 Å². The number of likely N-dealkylation sites (tertiary alicyclic amines) is 1. The van der Waals surface area contributed by atoms with Crippen molar-refractivity contribution in [2.75, 3.05) is 25.0 Å². The fourth-order valence-corrected chi connectivity index (χ4v) is 4.36. The standard InChI is InChI=1S/C16H23BrCl2N2/c1-3-6-21-7-4-5-12(10-21)11(2)20-16-14(18)8-13(17)9-15(16)19/h8-9,11-12,20H,3-7,10H2,1-2H3. The molecule has 118 valence electrons. The van der Waals surface area contributed by atoms with Gasteiger partial charge in [-0.25, -0.2) is 0 Å². The summed E-state index contributed by atoms with van der Waals surface area (Å²) in [5.41, 5.74) is 0.849. The molecule has 0 amide bonds. The van der Waals surface area contributed by atoms with E-state index >= 15 is 0 Å². The van der Waals surface area contributed by atoms with Gasteiger partial charge in [0.05, 0.1) is 15.7 Å². The van der Waals surface area contributed by atoms with Crippen LogP contribution in [0.4, 0.5) is 5.69 Å². The number of nitrogens with zero attached hydrogens (tertiary/aromatic N) is 1. The maximum absolute atomic E-state index is 6.31. The topological polar surface area (TPSA) is 15.3 Å². The molecule has 0 bridgehead atoms. The molecule has 1 aromatic carbocycles. The second-order valence-electron chi connectivity index (χ2n) is 5.88. The summed E-state index contributed by atoms with van der Waals surface area (Å²) in [6, 6.07) is 4.13. The lowest BCUT2D eigenvalue weighted by molar-refractivity contribution is 0.165. The minimum Gasteiger partial charge on any atom is -0.380 e. The molecule has 21 heavy (non-hydrogen) atoms. The summed E-state index contributed by atoms with van der Waals surface area (Å²) < 4.78 is 0.905. The zero-order valence-corrected chi connectivity index (χ0v) is 15.7. The zero-order valence-electron chi connectivity index (χ0n) is 12.6. The average Bonchev–Trinajstić information content (AvgIpc) is 2.43. The van der Waals surface area contributed by atoms with Crippen molar-refractivity contribution >= 4 is 44.8 Å². The summed E-state index contributed by atoms with van der Waals surface area (Å²) in [5, 5.41) is 4.86. The molecule has 0 spiro atoms. The number of hydrogen-bond acceptors (Lipinski definition) is 2. The quantitative estimate of drug-likeness (QED) is 0.692. The molecule has 1 aliphatic rings. The first-order chi connectivity index (χ1) is 10.0. The summed E-state index contributed by atoms with van der Waals surface area (Å²) in [6.45, 7) is 8.06. The van der Waals surface area contributed by atoms with E-state index in [-0.39, 0.29) is 0 Å². The van der Waals surface area contributed by atoms with Gasteiger partial charge in [0.2, 0.25) is 0 Å². The van der Waals surface area contributed by atoms with Crippen LogP contribution >= 0.6 is 39.1 Å². The van der Waals surface area contributed by atoms with Crippen LogP contribution in [0.2, 0.25) is 10.0 Å². The highest BCUT2D eigenvalue weighted by Crippen LogP contribution is 2.35. The number of rotatable bonds is 5. The Balaban J connectivity index is 2.02. The van der Waals surface area contributed by atoms with Gasteiger partial charge in [0, 0.05) is 17.1 Å². The van der Waals surface area contributed by atoms with E-state index in [9.17, 15) is 0 Å². The molecule has 1 aromatic rings. The van der Waals surface area contributed by atoms with Gasteiger partial charge in [-0.15, -0.1) is 0 Å². The van der Waals surface area contributed by atoms with Gasteiger partial charge in [-0.2, -0.15) is 0 Å². The van der Waals surface area contributed by atoms with Gasteiger partial charge in [0.25, 0.3) is 0 Å². The highest BCUT2D eigenvalue weighted by atomic mass is 79.9. The zero-order chi connectivity index (χ0) is 15.4. The van der Waals surface area contributed by atoms with E-state index < -0.39 is 0 Å². The minimum atomic E-state index is 0.362. The molecule has 2 nitrogen and oxygen atoms in total. The summed E-state index contributed by atoms with van der Waals surface area (Å²) in [5.74, 6) is 0.640. The smallest absolute Gasteiger partial charge is 0.0721 e. The second kappa shape index (κ2) is 8.05. The van der Waals surface area contributed by atoms with Crippen LogP contribution in [0.15, 0.2) is 16.6 Å². The molecular weight excluding hydrogens is 371 g/mol. The molecule has 1 heterocycles. The maximum atomic E-state index is 6.31. The Morgan fingerprint density at radius 2 is 2.05 bits per heavy atom. The van der Waals surface area contributed by atoms with Crippen LogP contribution in [0.3, 0.4) is 0 Å². The summed E-state index contributed by atoms with van der Waals surface area (Å²) in [6.07, 6.45) is 3.76. The lowest BCUT2D eigenvalue weighted by atomic mass is 9.91. The van der Waals surface area contributed by atoms with Crippen LogP contribution < -0.4 is 5.32 Å². The maximum Gasteiger partial charge on any atom is 0.0721 e. The van der Waals surface area contributed by atoms with Gasteiger partial charge in [-0.3, -0.25) is 0 Å². The van der Waals surface area contributed by atoms with E-state index in [1.54, 1.807) is 0 Å². The molecule has 2 rings (SSSR count). The number of benzene rings is 1. The van der Waals surface area contributed by atoms with E-state index in [0.717, 1.165) is 16.7 Å². The molecule has 0 radical (unpaired) electrons. The van der Waals surface area contributed by atoms with Crippen molar-refractivity contribution in [2.24, 2.45) is 5.92 Å².